The van der Waals surface area contributed by atoms with E-state index in [1.54, 1.807) is 6.07 Å². The van der Waals surface area contributed by atoms with E-state index in [9.17, 15) is 4.79 Å². The molecule has 1 aromatic carbocycles. The zero-order valence-corrected chi connectivity index (χ0v) is 11.8. The van der Waals surface area contributed by atoms with Crippen LogP contribution in [-0.2, 0) is 0 Å². The van der Waals surface area contributed by atoms with E-state index in [0.29, 0.717) is 17.1 Å². The van der Waals surface area contributed by atoms with Crippen LogP contribution in [0.3, 0.4) is 0 Å². The summed E-state index contributed by atoms with van der Waals surface area (Å²) in [5.74, 6) is 1.53. The maximum Gasteiger partial charge on any atom is 0.231 e. The normalized spacial score (nSPS) is 14.7. The summed E-state index contributed by atoms with van der Waals surface area (Å²) < 4.78 is 10.6. The Morgan fingerprint density at radius 2 is 2.05 bits per heavy atom. The Morgan fingerprint density at radius 3 is 2.74 bits per heavy atom. The molecule has 0 bridgehead atoms. The molecule has 1 aliphatic rings. The van der Waals surface area contributed by atoms with Crippen molar-refractivity contribution in [2.24, 2.45) is 0 Å². The van der Waals surface area contributed by atoms with Gasteiger partial charge in [-0.25, -0.2) is 0 Å². The molecule has 0 aliphatic carbocycles. The summed E-state index contributed by atoms with van der Waals surface area (Å²) >= 11 is 0. The largest absolute Gasteiger partial charge is 0.454 e. The molecule has 0 radical (unpaired) electrons. The predicted octanol–water partition coefficient (Wildman–Crippen LogP) is 2.72. The average molecular weight is 263 g/mol. The molecule has 0 saturated heterocycles. The standard InChI is InChI=1S/C15H21NO3/c1-4-8-16(3)12(5-2)15(17)11-6-7-13-14(9-11)19-10-18-13/h6-7,9,12H,4-5,8,10H2,1-3H3. The van der Waals surface area contributed by atoms with E-state index < -0.39 is 0 Å². The minimum absolute atomic E-state index is 0.0691. The molecular formula is C15H21NO3. The van der Waals surface area contributed by atoms with Crippen molar-refractivity contribution in [2.75, 3.05) is 20.4 Å². The van der Waals surface area contributed by atoms with E-state index in [4.69, 9.17) is 9.47 Å². The number of benzene rings is 1. The second-order valence-electron chi connectivity index (χ2n) is 4.84. The summed E-state index contributed by atoms with van der Waals surface area (Å²) in [4.78, 5) is 14.7. The van der Waals surface area contributed by atoms with E-state index in [2.05, 4.69) is 11.8 Å². The van der Waals surface area contributed by atoms with Crippen molar-refractivity contribution < 1.29 is 14.3 Å². The van der Waals surface area contributed by atoms with Gasteiger partial charge in [0.15, 0.2) is 17.3 Å². The third-order valence-corrected chi connectivity index (χ3v) is 3.45. The topological polar surface area (TPSA) is 38.8 Å². The molecule has 1 unspecified atom stereocenters. The van der Waals surface area contributed by atoms with E-state index in [0.717, 1.165) is 19.4 Å². The molecule has 0 amide bonds. The van der Waals surface area contributed by atoms with Gasteiger partial charge >= 0.3 is 0 Å². The third-order valence-electron chi connectivity index (χ3n) is 3.45. The number of hydrogen-bond acceptors (Lipinski definition) is 4. The van der Waals surface area contributed by atoms with Crippen LogP contribution in [0.15, 0.2) is 18.2 Å². The average Bonchev–Trinajstić information content (AvgIpc) is 2.86. The number of likely N-dealkylation sites (N-methyl/N-ethyl adjacent to an activating group) is 1. The number of ether oxygens (including phenoxy) is 2. The van der Waals surface area contributed by atoms with Crippen LogP contribution in [-0.4, -0.2) is 37.1 Å². The monoisotopic (exact) mass is 263 g/mol. The maximum atomic E-state index is 12.6. The van der Waals surface area contributed by atoms with E-state index >= 15 is 0 Å². The SMILES string of the molecule is CCCN(C)C(CC)C(=O)c1ccc2c(c1)OCO2. The molecule has 2 rings (SSSR count). The number of ketones is 1. The van der Waals surface area contributed by atoms with Crippen LogP contribution in [0.5, 0.6) is 11.5 Å². The quantitative estimate of drug-likeness (QED) is 0.740. The molecule has 19 heavy (non-hydrogen) atoms. The van der Waals surface area contributed by atoms with Crippen molar-refractivity contribution in [1.29, 1.82) is 0 Å². The first-order valence-electron chi connectivity index (χ1n) is 6.81. The molecule has 0 saturated carbocycles. The molecule has 1 atom stereocenters. The molecule has 1 heterocycles. The second kappa shape index (κ2) is 6.06. The van der Waals surface area contributed by atoms with Crippen molar-refractivity contribution >= 4 is 5.78 Å². The van der Waals surface area contributed by atoms with E-state index in [-0.39, 0.29) is 18.6 Å². The Kier molecular flexibility index (Phi) is 4.43. The van der Waals surface area contributed by atoms with E-state index in [1.165, 1.54) is 0 Å². The molecule has 4 nitrogen and oxygen atoms in total. The molecule has 0 aromatic heterocycles. The van der Waals surface area contributed by atoms with Gasteiger partial charge in [-0.3, -0.25) is 9.69 Å². The van der Waals surface area contributed by atoms with Gasteiger partial charge in [-0.1, -0.05) is 13.8 Å². The highest BCUT2D eigenvalue weighted by Crippen LogP contribution is 2.33. The Morgan fingerprint density at radius 1 is 1.32 bits per heavy atom. The highest BCUT2D eigenvalue weighted by molar-refractivity contribution is 6.00. The number of nitrogens with zero attached hydrogens (tertiary/aromatic N) is 1. The van der Waals surface area contributed by atoms with Crippen LogP contribution in [0.2, 0.25) is 0 Å². The minimum Gasteiger partial charge on any atom is -0.454 e. The van der Waals surface area contributed by atoms with Gasteiger partial charge in [0.1, 0.15) is 0 Å². The van der Waals surface area contributed by atoms with Gasteiger partial charge in [-0.05, 0) is 44.6 Å². The van der Waals surface area contributed by atoms with Gasteiger partial charge in [-0.15, -0.1) is 0 Å². The van der Waals surface area contributed by atoms with Gasteiger partial charge in [0, 0.05) is 5.56 Å². The Hall–Kier alpha value is -1.55. The molecule has 0 N–H and O–H groups in total. The smallest absolute Gasteiger partial charge is 0.231 e. The summed E-state index contributed by atoms with van der Waals surface area (Å²) in [5.41, 5.74) is 0.694. The summed E-state index contributed by atoms with van der Waals surface area (Å²) in [6.07, 6.45) is 1.85. The summed E-state index contributed by atoms with van der Waals surface area (Å²) in [5, 5.41) is 0. The third kappa shape index (κ3) is 2.89. The lowest BCUT2D eigenvalue weighted by atomic mass is 10.0. The lowest BCUT2D eigenvalue weighted by Gasteiger charge is -2.25. The lowest BCUT2D eigenvalue weighted by Crippen LogP contribution is -2.38. The van der Waals surface area contributed by atoms with Crippen LogP contribution < -0.4 is 9.47 Å². The van der Waals surface area contributed by atoms with Crippen molar-refractivity contribution in [3.63, 3.8) is 0 Å². The van der Waals surface area contributed by atoms with Crippen LogP contribution in [0.1, 0.15) is 37.0 Å². The maximum absolute atomic E-state index is 12.6. The van der Waals surface area contributed by atoms with Gasteiger partial charge in [0.25, 0.3) is 0 Å². The molecule has 1 aliphatic heterocycles. The minimum atomic E-state index is -0.0691. The first-order valence-corrected chi connectivity index (χ1v) is 6.81. The van der Waals surface area contributed by atoms with Crippen LogP contribution >= 0.6 is 0 Å². The summed E-state index contributed by atoms with van der Waals surface area (Å²) in [7, 11) is 2.00. The molecule has 0 spiro atoms. The van der Waals surface area contributed by atoms with Gasteiger partial charge in [0.2, 0.25) is 6.79 Å². The van der Waals surface area contributed by atoms with Gasteiger partial charge < -0.3 is 9.47 Å². The van der Waals surface area contributed by atoms with Crippen LogP contribution in [0.25, 0.3) is 0 Å². The van der Waals surface area contributed by atoms with Crippen molar-refractivity contribution in [3.05, 3.63) is 23.8 Å². The lowest BCUT2D eigenvalue weighted by molar-refractivity contribution is 0.0846. The van der Waals surface area contributed by atoms with Gasteiger partial charge in [0.05, 0.1) is 6.04 Å². The zero-order valence-electron chi connectivity index (χ0n) is 11.8. The fraction of sp³-hybridized carbons (Fsp3) is 0.533. The number of hydrogen-bond donors (Lipinski definition) is 0. The molecule has 4 heteroatoms. The molecular weight excluding hydrogens is 242 g/mol. The summed E-state index contributed by atoms with van der Waals surface area (Å²) in [6.45, 7) is 5.32. The Bertz CT molecular complexity index is 459. The van der Waals surface area contributed by atoms with E-state index in [1.807, 2.05) is 26.1 Å². The Balaban J connectivity index is 2.17. The molecule has 104 valence electrons. The molecule has 0 fully saturated rings. The van der Waals surface area contributed by atoms with Crippen molar-refractivity contribution in [1.82, 2.24) is 4.90 Å². The zero-order chi connectivity index (χ0) is 13.8. The predicted molar refractivity (Wildman–Crippen MR) is 73.9 cm³/mol. The number of carbonyl (C=O) groups is 1. The Labute approximate surface area is 114 Å². The first-order chi connectivity index (χ1) is 9.17. The fourth-order valence-electron chi connectivity index (χ4n) is 2.45. The highest BCUT2D eigenvalue weighted by atomic mass is 16.7. The highest BCUT2D eigenvalue weighted by Gasteiger charge is 2.24. The second-order valence-corrected chi connectivity index (χ2v) is 4.84. The van der Waals surface area contributed by atoms with Crippen molar-refractivity contribution in [2.45, 2.75) is 32.7 Å². The van der Waals surface area contributed by atoms with Crippen LogP contribution in [0, 0.1) is 0 Å². The molecule has 1 aromatic rings. The van der Waals surface area contributed by atoms with Crippen molar-refractivity contribution in [3.8, 4) is 11.5 Å². The van der Waals surface area contributed by atoms with Gasteiger partial charge in [-0.2, -0.15) is 0 Å². The summed E-state index contributed by atoms with van der Waals surface area (Å²) in [6, 6.07) is 5.34. The fourth-order valence-corrected chi connectivity index (χ4v) is 2.45. The number of carbonyl (C=O) groups excluding carboxylic acids is 1. The number of rotatable bonds is 6. The number of Topliss-reactive ketones (excluding diaryl/α,β-unsaturated/α-hetero) is 1. The number of fused-ring (bicyclic) bond motifs is 1. The van der Waals surface area contributed by atoms with Crippen LogP contribution in [0.4, 0.5) is 0 Å². The first kappa shape index (κ1) is 13.9.